The van der Waals surface area contributed by atoms with E-state index in [-0.39, 0.29) is 18.6 Å². The molecule has 1 saturated heterocycles. The Hall–Kier alpha value is -1.73. The molecule has 0 saturated carbocycles. The third-order valence-electron chi connectivity index (χ3n) is 2.95. The highest BCUT2D eigenvalue weighted by atomic mass is 35.5. The molecule has 0 aromatic heterocycles. The molecule has 4 nitrogen and oxygen atoms in total. The fourth-order valence-corrected chi connectivity index (χ4v) is 2.12. The minimum atomic E-state index is -0.105. The Balaban J connectivity index is 2.21. The van der Waals surface area contributed by atoms with Gasteiger partial charge in [0.05, 0.1) is 12.1 Å². The van der Waals surface area contributed by atoms with E-state index in [1.165, 1.54) is 0 Å². The van der Waals surface area contributed by atoms with Gasteiger partial charge in [0, 0.05) is 18.6 Å². The van der Waals surface area contributed by atoms with Crippen molar-refractivity contribution in [3.8, 4) is 6.07 Å². The van der Waals surface area contributed by atoms with Crippen LogP contribution in [0.3, 0.4) is 0 Å². The lowest BCUT2D eigenvalue weighted by molar-refractivity contribution is 0.199. The Morgan fingerprint density at radius 3 is 2.71 bits per heavy atom. The van der Waals surface area contributed by atoms with E-state index < -0.39 is 0 Å². The number of nitrogens with zero attached hydrogens (tertiary/aromatic N) is 3. The Morgan fingerprint density at radius 2 is 2.12 bits per heavy atom. The fourth-order valence-electron chi connectivity index (χ4n) is 2.00. The normalized spacial score (nSPS) is 19.6. The molecule has 1 aliphatic heterocycles. The minimum absolute atomic E-state index is 0.00637. The first-order chi connectivity index (χ1) is 8.13. The van der Waals surface area contributed by atoms with Crippen molar-refractivity contribution in [2.24, 2.45) is 0 Å². The van der Waals surface area contributed by atoms with Crippen LogP contribution < -0.4 is 0 Å². The van der Waals surface area contributed by atoms with Crippen molar-refractivity contribution in [1.82, 2.24) is 9.80 Å². The van der Waals surface area contributed by atoms with Crippen LogP contribution in [0.15, 0.2) is 24.3 Å². The molecule has 0 aliphatic carbocycles. The quantitative estimate of drug-likeness (QED) is 0.755. The van der Waals surface area contributed by atoms with E-state index in [0.29, 0.717) is 11.6 Å². The maximum absolute atomic E-state index is 11.8. The molecule has 1 aromatic carbocycles. The van der Waals surface area contributed by atoms with Crippen LogP contribution in [0.4, 0.5) is 4.79 Å². The van der Waals surface area contributed by atoms with Gasteiger partial charge in [-0.05, 0) is 17.7 Å². The molecule has 1 atom stereocenters. The summed E-state index contributed by atoms with van der Waals surface area (Å²) < 4.78 is 0. The summed E-state index contributed by atoms with van der Waals surface area (Å²) in [4.78, 5) is 15.0. The lowest BCUT2D eigenvalue weighted by Crippen LogP contribution is -2.29. The van der Waals surface area contributed by atoms with E-state index >= 15 is 0 Å². The van der Waals surface area contributed by atoms with Crippen LogP contribution in [0.2, 0.25) is 5.02 Å². The van der Waals surface area contributed by atoms with E-state index in [1.54, 1.807) is 16.8 Å². The molecule has 1 aromatic rings. The van der Waals surface area contributed by atoms with E-state index in [1.807, 2.05) is 30.3 Å². The van der Waals surface area contributed by atoms with Crippen LogP contribution in [-0.4, -0.2) is 36.0 Å². The molecule has 5 heteroatoms. The largest absolute Gasteiger partial charge is 0.321 e. The average molecular weight is 250 g/mol. The third kappa shape index (κ3) is 2.20. The van der Waals surface area contributed by atoms with Crippen LogP contribution >= 0.6 is 11.6 Å². The predicted molar refractivity (Wildman–Crippen MR) is 64.5 cm³/mol. The van der Waals surface area contributed by atoms with Crippen molar-refractivity contribution in [1.29, 1.82) is 5.26 Å². The van der Waals surface area contributed by atoms with Gasteiger partial charge in [0.1, 0.15) is 6.54 Å². The number of urea groups is 1. The summed E-state index contributed by atoms with van der Waals surface area (Å²) in [6, 6.07) is 9.32. The standard InChI is InChI=1S/C12H12ClN3O/c1-15-11(8-16(7-6-14)12(15)17)9-2-4-10(13)5-3-9/h2-5,11H,7-8H2,1H3. The maximum atomic E-state index is 11.8. The molecule has 0 radical (unpaired) electrons. The zero-order chi connectivity index (χ0) is 12.4. The van der Waals surface area contributed by atoms with Crippen molar-refractivity contribution in [3.63, 3.8) is 0 Å². The van der Waals surface area contributed by atoms with Crippen molar-refractivity contribution >= 4 is 17.6 Å². The predicted octanol–water partition coefficient (Wildman–Crippen LogP) is 2.27. The zero-order valence-corrected chi connectivity index (χ0v) is 10.2. The molecule has 1 heterocycles. The summed E-state index contributed by atoms with van der Waals surface area (Å²) in [6.45, 7) is 0.678. The summed E-state index contributed by atoms with van der Waals surface area (Å²) in [7, 11) is 1.75. The molecular weight excluding hydrogens is 238 g/mol. The second-order valence-electron chi connectivity index (χ2n) is 4.00. The van der Waals surface area contributed by atoms with Crippen molar-refractivity contribution in [2.45, 2.75) is 6.04 Å². The van der Waals surface area contributed by atoms with E-state index in [0.717, 1.165) is 5.56 Å². The molecule has 2 rings (SSSR count). The molecule has 17 heavy (non-hydrogen) atoms. The first-order valence-electron chi connectivity index (χ1n) is 5.27. The maximum Gasteiger partial charge on any atom is 0.321 e. The number of hydrogen-bond acceptors (Lipinski definition) is 2. The smallest absolute Gasteiger partial charge is 0.319 e. The Labute approximate surface area is 105 Å². The van der Waals surface area contributed by atoms with E-state index in [2.05, 4.69) is 0 Å². The van der Waals surface area contributed by atoms with Crippen LogP contribution in [0.5, 0.6) is 0 Å². The fraction of sp³-hybridized carbons (Fsp3) is 0.333. The minimum Gasteiger partial charge on any atom is -0.319 e. The Kier molecular flexibility index (Phi) is 3.21. The van der Waals surface area contributed by atoms with Gasteiger partial charge in [-0.25, -0.2) is 4.79 Å². The van der Waals surface area contributed by atoms with Gasteiger partial charge in [-0.3, -0.25) is 0 Å². The van der Waals surface area contributed by atoms with Gasteiger partial charge in [0.25, 0.3) is 0 Å². The average Bonchev–Trinajstić information content (AvgIpc) is 2.59. The first-order valence-corrected chi connectivity index (χ1v) is 5.65. The molecule has 88 valence electrons. The number of benzene rings is 1. The lowest BCUT2D eigenvalue weighted by Gasteiger charge is -2.17. The number of hydrogen-bond donors (Lipinski definition) is 0. The van der Waals surface area contributed by atoms with Gasteiger partial charge in [0.15, 0.2) is 0 Å². The van der Waals surface area contributed by atoms with Crippen LogP contribution in [0, 0.1) is 11.3 Å². The summed E-state index contributed by atoms with van der Waals surface area (Å²) in [5.74, 6) is 0. The second-order valence-corrected chi connectivity index (χ2v) is 4.44. The lowest BCUT2D eigenvalue weighted by atomic mass is 10.1. The zero-order valence-electron chi connectivity index (χ0n) is 9.43. The molecule has 1 fully saturated rings. The van der Waals surface area contributed by atoms with Gasteiger partial charge < -0.3 is 9.80 Å². The van der Waals surface area contributed by atoms with Crippen LogP contribution in [0.25, 0.3) is 0 Å². The molecule has 0 bridgehead atoms. The molecule has 1 aliphatic rings. The highest BCUT2D eigenvalue weighted by Gasteiger charge is 2.35. The van der Waals surface area contributed by atoms with Gasteiger partial charge >= 0.3 is 6.03 Å². The number of halogens is 1. The summed E-state index contributed by atoms with van der Waals surface area (Å²) in [6.07, 6.45) is 0. The number of amides is 2. The van der Waals surface area contributed by atoms with Crippen LogP contribution in [0.1, 0.15) is 11.6 Å². The van der Waals surface area contributed by atoms with Crippen molar-refractivity contribution in [3.05, 3.63) is 34.9 Å². The SMILES string of the molecule is CN1C(=O)N(CC#N)CC1c1ccc(Cl)cc1. The Bertz CT molecular complexity index is 466. The van der Waals surface area contributed by atoms with E-state index in [4.69, 9.17) is 16.9 Å². The van der Waals surface area contributed by atoms with Crippen molar-refractivity contribution < 1.29 is 4.79 Å². The molecule has 0 N–H and O–H groups in total. The summed E-state index contributed by atoms with van der Waals surface area (Å²) >= 11 is 5.83. The number of carbonyl (C=O) groups excluding carboxylic acids is 1. The topological polar surface area (TPSA) is 47.3 Å². The highest BCUT2D eigenvalue weighted by molar-refractivity contribution is 6.30. The van der Waals surface area contributed by atoms with Gasteiger partial charge in [-0.15, -0.1) is 0 Å². The number of rotatable bonds is 2. The summed E-state index contributed by atoms with van der Waals surface area (Å²) in [5.41, 5.74) is 1.03. The molecular formula is C12H12ClN3O. The molecule has 2 amide bonds. The van der Waals surface area contributed by atoms with Gasteiger partial charge in [0.2, 0.25) is 0 Å². The van der Waals surface area contributed by atoms with Gasteiger partial charge in [-0.1, -0.05) is 23.7 Å². The second kappa shape index (κ2) is 4.64. The third-order valence-corrected chi connectivity index (χ3v) is 3.20. The van der Waals surface area contributed by atoms with E-state index in [9.17, 15) is 4.79 Å². The number of likely N-dealkylation sites (N-methyl/N-ethyl adjacent to an activating group) is 1. The molecule has 0 spiro atoms. The molecule has 1 unspecified atom stereocenters. The van der Waals surface area contributed by atoms with Crippen molar-refractivity contribution in [2.75, 3.05) is 20.1 Å². The number of nitriles is 1. The summed E-state index contributed by atoms with van der Waals surface area (Å²) in [5, 5.41) is 9.32. The van der Waals surface area contributed by atoms with Gasteiger partial charge in [-0.2, -0.15) is 5.26 Å². The monoisotopic (exact) mass is 249 g/mol. The highest BCUT2D eigenvalue weighted by Crippen LogP contribution is 2.28. The Morgan fingerprint density at radius 1 is 1.47 bits per heavy atom. The van der Waals surface area contributed by atoms with Crippen LogP contribution in [-0.2, 0) is 0 Å². The first kappa shape index (κ1) is 11.7. The number of carbonyl (C=O) groups is 1.